The smallest absolute Gasteiger partial charge is 0.322 e. The summed E-state index contributed by atoms with van der Waals surface area (Å²) in [6.07, 6.45) is 0.727. The lowest BCUT2D eigenvalue weighted by Crippen LogP contribution is -2.64. The van der Waals surface area contributed by atoms with Gasteiger partial charge >= 0.3 is 5.97 Å². The molecule has 5 atom stereocenters. The third-order valence-corrected chi connectivity index (χ3v) is 16.0. The predicted octanol–water partition coefficient (Wildman–Crippen LogP) is 8.56. The summed E-state index contributed by atoms with van der Waals surface area (Å²) < 4.78 is 12.8. The Hall–Kier alpha value is -4.00. The zero-order chi connectivity index (χ0) is 34.0. The summed E-state index contributed by atoms with van der Waals surface area (Å²) in [5, 5.41) is -0.443. The summed E-state index contributed by atoms with van der Waals surface area (Å²) in [4.78, 5) is 31.8. The van der Waals surface area contributed by atoms with E-state index in [-0.39, 0.29) is 23.8 Å². The number of nitrogens with zero attached hydrogens (tertiary/aromatic N) is 1. The molecule has 248 valence electrons. The van der Waals surface area contributed by atoms with Crippen LogP contribution in [0.1, 0.15) is 62.4 Å². The molecule has 1 amide bonds. The number of hydrogen-bond donors (Lipinski definition) is 0. The fourth-order valence-electron chi connectivity index (χ4n) is 9.69. The number of hydrogen-bond acceptors (Lipinski definition) is 4. The minimum atomic E-state index is -2.54. The van der Waals surface area contributed by atoms with Gasteiger partial charge in [0.05, 0.1) is 20.7 Å². The minimum Gasteiger partial charge on any atom is -0.459 e. The minimum absolute atomic E-state index is 0.138. The Bertz CT molecular complexity index is 1690. The molecule has 2 aliphatic heterocycles. The molecule has 6 heteroatoms. The van der Waals surface area contributed by atoms with Crippen LogP contribution in [-0.2, 0) is 24.1 Å². The van der Waals surface area contributed by atoms with E-state index in [9.17, 15) is 4.79 Å². The molecule has 4 aromatic carbocycles. The zero-order valence-electron chi connectivity index (χ0n) is 29.0. The Morgan fingerprint density at radius 2 is 1.27 bits per heavy atom. The van der Waals surface area contributed by atoms with Gasteiger partial charge in [0.25, 0.3) is 0 Å². The molecule has 0 spiro atoms. The number of fused-ring (bicyclic) bond motifs is 3. The van der Waals surface area contributed by atoms with Gasteiger partial charge in [-0.3, -0.25) is 9.59 Å². The highest BCUT2D eigenvalue weighted by atomic mass is 28.3. The van der Waals surface area contributed by atoms with Crippen LogP contribution in [-0.4, -0.2) is 42.8 Å². The Labute approximate surface area is 286 Å². The largest absolute Gasteiger partial charge is 0.459 e. The van der Waals surface area contributed by atoms with Crippen LogP contribution in [0.4, 0.5) is 0 Å². The molecule has 3 fully saturated rings. The van der Waals surface area contributed by atoms with Gasteiger partial charge < -0.3 is 14.4 Å². The first-order valence-corrected chi connectivity index (χ1v) is 20.5. The molecule has 2 saturated heterocycles. The van der Waals surface area contributed by atoms with Crippen molar-refractivity contribution < 1.29 is 19.1 Å². The number of benzene rings is 4. The van der Waals surface area contributed by atoms with Crippen LogP contribution in [0.5, 0.6) is 0 Å². The van der Waals surface area contributed by atoms with Crippen molar-refractivity contribution in [1.82, 2.24) is 4.90 Å². The number of esters is 1. The molecule has 0 bridgehead atoms. The molecule has 4 aromatic rings. The van der Waals surface area contributed by atoms with Gasteiger partial charge in [0, 0.05) is 11.0 Å². The van der Waals surface area contributed by atoms with E-state index in [1.807, 2.05) is 50.8 Å². The molecule has 3 aliphatic rings. The topological polar surface area (TPSA) is 55.8 Å². The van der Waals surface area contributed by atoms with E-state index in [2.05, 4.69) is 116 Å². The number of carbonyl (C=O) groups excluding carboxylic acids is 2. The highest BCUT2D eigenvalue weighted by molar-refractivity contribution is 6.82. The van der Waals surface area contributed by atoms with Gasteiger partial charge in [-0.15, -0.1) is 0 Å². The van der Waals surface area contributed by atoms with Gasteiger partial charge in [0.15, 0.2) is 5.41 Å². The van der Waals surface area contributed by atoms with Crippen molar-refractivity contribution >= 4 is 20.0 Å². The zero-order valence-corrected chi connectivity index (χ0v) is 30.0. The van der Waals surface area contributed by atoms with E-state index in [1.54, 1.807) is 0 Å². The fourth-order valence-corrected chi connectivity index (χ4v) is 14.6. The lowest BCUT2D eigenvalue weighted by atomic mass is 9.52. The molecule has 1 saturated carbocycles. The summed E-state index contributed by atoms with van der Waals surface area (Å²) >= 11 is 0. The molecular weight excluding hydrogens is 611 g/mol. The third-order valence-electron chi connectivity index (χ3n) is 11.6. The maximum atomic E-state index is 15.2. The van der Waals surface area contributed by atoms with E-state index >= 15 is 4.79 Å². The van der Waals surface area contributed by atoms with Crippen LogP contribution in [0, 0.1) is 17.3 Å². The third kappa shape index (κ3) is 4.67. The standard InChI is InChI=1S/C42H47NO4Si/c1-39(2,3)47-38(45)41-34(27-36(41)40(4)43(37(41)44)35(28-46-40)30-19-11-7-12-20-30)29-48(5,6)42(31-21-13-8-14-22-31,32-23-15-9-16-24-32)33-25-17-10-18-26-33/h7-26,34-36H,27-29H2,1-6H3/t34-,35-,36+,40-,41-/m1/s1. The molecule has 0 radical (unpaired) electrons. The average Bonchev–Trinajstić information content (AvgIpc) is 3.48. The Kier molecular flexibility index (Phi) is 7.84. The van der Waals surface area contributed by atoms with Crippen LogP contribution in [0.2, 0.25) is 19.1 Å². The number of amides is 1. The van der Waals surface area contributed by atoms with Crippen LogP contribution in [0.25, 0.3) is 0 Å². The Balaban J connectivity index is 1.38. The molecule has 1 aliphatic carbocycles. The van der Waals surface area contributed by atoms with Crippen molar-refractivity contribution in [2.24, 2.45) is 17.3 Å². The fraction of sp³-hybridized carbons (Fsp3) is 0.381. The van der Waals surface area contributed by atoms with Crippen molar-refractivity contribution in [1.29, 1.82) is 0 Å². The molecule has 2 heterocycles. The first-order valence-electron chi connectivity index (χ1n) is 17.3. The summed E-state index contributed by atoms with van der Waals surface area (Å²) in [5.41, 5.74) is 1.80. The molecule has 0 N–H and O–H groups in total. The monoisotopic (exact) mass is 657 g/mol. The molecule has 5 nitrogen and oxygen atoms in total. The number of carbonyl (C=O) groups is 2. The van der Waals surface area contributed by atoms with Crippen LogP contribution in [0.3, 0.4) is 0 Å². The van der Waals surface area contributed by atoms with E-state index in [1.165, 1.54) is 16.7 Å². The van der Waals surface area contributed by atoms with Crippen molar-refractivity contribution in [3.63, 3.8) is 0 Å². The maximum absolute atomic E-state index is 15.2. The highest BCUT2D eigenvalue weighted by Crippen LogP contribution is 2.70. The predicted molar refractivity (Wildman–Crippen MR) is 192 cm³/mol. The first kappa shape index (κ1) is 32.5. The second-order valence-electron chi connectivity index (χ2n) is 15.8. The number of rotatable bonds is 8. The summed E-state index contributed by atoms with van der Waals surface area (Å²) in [7, 11) is -2.54. The first-order chi connectivity index (χ1) is 22.9. The second kappa shape index (κ2) is 11.6. The number of ether oxygens (including phenoxy) is 2. The van der Waals surface area contributed by atoms with E-state index in [0.717, 1.165) is 18.0 Å². The van der Waals surface area contributed by atoms with Gasteiger partial charge in [-0.1, -0.05) is 140 Å². The molecule has 0 unspecified atom stereocenters. The maximum Gasteiger partial charge on any atom is 0.322 e. The van der Waals surface area contributed by atoms with Gasteiger partial charge in [0.2, 0.25) is 5.91 Å². The second-order valence-corrected chi connectivity index (χ2v) is 20.7. The highest BCUT2D eigenvalue weighted by Gasteiger charge is 2.81. The van der Waals surface area contributed by atoms with Crippen molar-refractivity contribution in [2.45, 2.75) is 75.7 Å². The SMILES string of the molecule is CC(C)(C)OC(=O)[C@@]12C(=O)N3[C@@H](c4ccccc4)CO[C@]3(C)[C@@H]1C[C@@H]2C[Si](C)(C)C(c1ccccc1)(c1ccccc1)c1ccccc1. The van der Waals surface area contributed by atoms with E-state index in [4.69, 9.17) is 9.47 Å². The Morgan fingerprint density at radius 3 is 1.73 bits per heavy atom. The van der Waals surface area contributed by atoms with E-state index < -0.39 is 35.8 Å². The molecule has 48 heavy (non-hydrogen) atoms. The molecular formula is C42H47NO4Si. The normalized spacial score (nSPS) is 26.8. The van der Waals surface area contributed by atoms with Crippen molar-refractivity contribution in [3.8, 4) is 0 Å². The van der Waals surface area contributed by atoms with Gasteiger partial charge in [0.1, 0.15) is 11.3 Å². The summed E-state index contributed by atoms with van der Waals surface area (Å²) in [6, 6.07) is 43.0. The van der Waals surface area contributed by atoms with Gasteiger partial charge in [-0.2, -0.15) is 0 Å². The molecule has 7 rings (SSSR count). The van der Waals surface area contributed by atoms with Crippen LogP contribution in [0.15, 0.2) is 121 Å². The lowest BCUT2D eigenvalue weighted by Gasteiger charge is -2.56. The van der Waals surface area contributed by atoms with Crippen LogP contribution >= 0.6 is 0 Å². The average molecular weight is 658 g/mol. The van der Waals surface area contributed by atoms with E-state index in [0.29, 0.717) is 6.61 Å². The van der Waals surface area contributed by atoms with Crippen LogP contribution < -0.4 is 0 Å². The Morgan fingerprint density at radius 1 is 0.812 bits per heavy atom. The van der Waals surface area contributed by atoms with Crippen molar-refractivity contribution in [3.05, 3.63) is 144 Å². The summed E-state index contributed by atoms with van der Waals surface area (Å²) in [5.74, 6) is -1.02. The molecule has 0 aromatic heterocycles. The van der Waals surface area contributed by atoms with Gasteiger partial charge in [-0.05, 0) is 62.3 Å². The lowest BCUT2D eigenvalue weighted by molar-refractivity contribution is -0.197. The van der Waals surface area contributed by atoms with Crippen molar-refractivity contribution in [2.75, 3.05) is 6.61 Å². The quantitative estimate of drug-likeness (QED) is 0.0825. The summed E-state index contributed by atoms with van der Waals surface area (Å²) in [6.45, 7) is 13.0. The van der Waals surface area contributed by atoms with Gasteiger partial charge in [-0.25, -0.2) is 0 Å².